The Morgan fingerprint density at radius 2 is 1.48 bits per heavy atom. The molecule has 0 saturated carbocycles. The van der Waals surface area contributed by atoms with E-state index in [1.54, 1.807) is 12.4 Å². The molecule has 1 aliphatic rings. The Morgan fingerprint density at radius 1 is 0.839 bits per heavy atom. The van der Waals surface area contributed by atoms with Crippen molar-refractivity contribution in [3.63, 3.8) is 0 Å². The van der Waals surface area contributed by atoms with E-state index in [0.29, 0.717) is 4.77 Å². The minimum atomic E-state index is 0.714. The van der Waals surface area contributed by atoms with Crippen LogP contribution in [-0.4, -0.2) is 50.5 Å². The van der Waals surface area contributed by atoms with E-state index >= 15 is 0 Å². The molecule has 1 N–H and O–H groups in total. The molecule has 0 radical (unpaired) electrons. The SMILES string of the molecule is S=c1n(C[NH+]2CCN(c3ncccn3)CC2)nc(-c2ccccc2)n1-c1ccccc1. The molecule has 0 bridgehead atoms. The summed E-state index contributed by atoms with van der Waals surface area (Å²) in [5.41, 5.74) is 2.08. The van der Waals surface area contributed by atoms with Gasteiger partial charge in [0.25, 0.3) is 0 Å². The van der Waals surface area contributed by atoms with E-state index < -0.39 is 0 Å². The summed E-state index contributed by atoms with van der Waals surface area (Å²) in [4.78, 5) is 12.4. The maximum Gasteiger partial charge on any atom is 0.225 e. The van der Waals surface area contributed by atoms with E-state index in [2.05, 4.69) is 43.7 Å². The number of nitrogens with zero attached hydrogens (tertiary/aromatic N) is 6. The fourth-order valence-corrected chi connectivity index (χ4v) is 4.24. The molecule has 5 rings (SSSR count). The molecule has 1 saturated heterocycles. The lowest BCUT2D eigenvalue weighted by molar-refractivity contribution is -0.924. The molecule has 1 aliphatic heterocycles. The lowest BCUT2D eigenvalue weighted by Crippen LogP contribution is -3.14. The highest BCUT2D eigenvalue weighted by molar-refractivity contribution is 7.71. The van der Waals surface area contributed by atoms with Gasteiger partial charge in [0.1, 0.15) is 0 Å². The first kappa shape index (κ1) is 19.6. The summed E-state index contributed by atoms with van der Waals surface area (Å²) in [6.45, 7) is 4.54. The van der Waals surface area contributed by atoms with Gasteiger partial charge in [0.2, 0.25) is 10.7 Å². The molecular formula is C23H24N7S+. The first-order valence-corrected chi connectivity index (χ1v) is 10.9. The van der Waals surface area contributed by atoms with Crippen LogP contribution < -0.4 is 9.80 Å². The van der Waals surface area contributed by atoms with Crippen LogP contribution in [0.5, 0.6) is 0 Å². The first-order chi connectivity index (χ1) is 15.3. The predicted molar refractivity (Wildman–Crippen MR) is 123 cm³/mol. The van der Waals surface area contributed by atoms with Crippen molar-refractivity contribution in [2.45, 2.75) is 6.67 Å². The van der Waals surface area contributed by atoms with Crippen molar-refractivity contribution >= 4 is 18.2 Å². The van der Waals surface area contributed by atoms with Crippen LogP contribution in [0.2, 0.25) is 0 Å². The highest BCUT2D eigenvalue weighted by Crippen LogP contribution is 2.22. The second-order valence-electron chi connectivity index (χ2n) is 7.59. The number of rotatable bonds is 5. The summed E-state index contributed by atoms with van der Waals surface area (Å²) < 4.78 is 4.75. The third kappa shape index (κ3) is 4.12. The average Bonchev–Trinajstić information content (AvgIpc) is 3.17. The van der Waals surface area contributed by atoms with Gasteiger partial charge in [-0.15, -0.1) is 5.10 Å². The van der Waals surface area contributed by atoms with Gasteiger partial charge in [0.05, 0.1) is 26.2 Å². The Bertz CT molecular complexity index is 1180. The molecule has 31 heavy (non-hydrogen) atoms. The van der Waals surface area contributed by atoms with Crippen molar-refractivity contribution < 1.29 is 4.90 Å². The number of aromatic nitrogens is 5. The third-order valence-electron chi connectivity index (χ3n) is 5.56. The van der Waals surface area contributed by atoms with Crippen LogP contribution in [-0.2, 0) is 6.67 Å². The number of para-hydroxylation sites is 1. The van der Waals surface area contributed by atoms with Crippen LogP contribution in [0.4, 0.5) is 5.95 Å². The Balaban J connectivity index is 1.40. The second-order valence-corrected chi connectivity index (χ2v) is 7.95. The van der Waals surface area contributed by atoms with Crippen molar-refractivity contribution in [1.82, 2.24) is 24.3 Å². The summed E-state index contributed by atoms with van der Waals surface area (Å²) in [6, 6.07) is 22.3. The zero-order chi connectivity index (χ0) is 21.0. The molecule has 0 atom stereocenters. The maximum absolute atomic E-state index is 5.88. The smallest absolute Gasteiger partial charge is 0.225 e. The molecule has 0 aliphatic carbocycles. The Hall–Kier alpha value is -3.36. The standard InChI is InChI=1S/C23H23N7S/c31-23-29(18-27-14-16-28(17-15-27)22-24-12-7-13-25-22)26-21(19-8-3-1-4-9-19)30(23)20-10-5-2-6-11-20/h1-13H,14-18H2/p+1. The number of anilines is 1. The summed E-state index contributed by atoms with van der Waals surface area (Å²) in [5.74, 6) is 1.67. The van der Waals surface area contributed by atoms with Crippen LogP contribution in [0.3, 0.4) is 0 Å². The molecule has 2 aromatic heterocycles. The zero-order valence-electron chi connectivity index (χ0n) is 17.1. The van der Waals surface area contributed by atoms with Crippen LogP contribution in [0, 0.1) is 4.77 Å². The van der Waals surface area contributed by atoms with Crippen LogP contribution >= 0.6 is 12.2 Å². The van der Waals surface area contributed by atoms with E-state index in [4.69, 9.17) is 17.3 Å². The minimum Gasteiger partial charge on any atom is -0.330 e. The van der Waals surface area contributed by atoms with E-state index in [0.717, 1.165) is 55.9 Å². The van der Waals surface area contributed by atoms with E-state index in [1.807, 2.05) is 47.1 Å². The van der Waals surface area contributed by atoms with Gasteiger partial charge in [-0.2, -0.15) is 4.68 Å². The van der Waals surface area contributed by atoms with Crippen LogP contribution in [0.1, 0.15) is 0 Å². The van der Waals surface area contributed by atoms with Gasteiger partial charge < -0.3 is 9.80 Å². The number of hydrogen-bond acceptors (Lipinski definition) is 5. The van der Waals surface area contributed by atoms with E-state index in [-0.39, 0.29) is 0 Å². The third-order valence-corrected chi connectivity index (χ3v) is 5.96. The molecule has 8 heteroatoms. The quantitative estimate of drug-likeness (QED) is 0.492. The summed E-state index contributed by atoms with van der Waals surface area (Å²) in [6.07, 6.45) is 3.59. The molecular weight excluding hydrogens is 406 g/mol. The summed E-state index contributed by atoms with van der Waals surface area (Å²) in [7, 11) is 0. The molecule has 7 nitrogen and oxygen atoms in total. The summed E-state index contributed by atoms with van der Waals surface area (Å²) >= 11 is 5.88. The monoisotopic (exact) mass is 430 g/mol. The number of benzene rings is 2. The molecule has 0 unspecified atom stereocenters. The highest BCUT2D eigenvalue weighted by atomic mass is 32.1. The van der Waals surface area contributed by atoms with Gasteiger partial charge in [-0.25, -0.2) is 9.97 Å². The lowest BCUT2D eigenvalue weighted by Gasteiger charge is -2.31. The van der Waals surface area contributed by atoms with Gasteiger partial charge in [-0.05, 0) is 30.4 Å². The molecule has 1 fully saturated rings. The normalized spacial score (nSPS) is 14.6. The second kappa shape index (κ2) is 8.79. The largest absolute Gasteiger partial charge is 0.330 e. The first-order valence-electron chi connectivity index (χ1n) is 10.5. The van der Waals surface area contributed by atoms with Crippen molar-refractivity contribution in [1.29, 1.82) is 0 Å². The molecule has 2 aromatic carbocycles. The molecule has 0 spiro atoms. The molecule has 4 aromatic rings. The zero-order valence-corrected chi connectivity index (χ0v) is 17.9. The minimum absolute atomic E-state index is 0.714. The van der Waals surface area contributed by atoms with Crippen molar-refractivity contribution in [2.75, 3.05) is 31.1 Å². The van der Waals surface area contributed by atoms with Crippen molar-refractivity contribution in [3.8, 4) is 17.1 Å². The summed E-state index contributed by atoms with van der Waals surface area (Å²) in [5, 5.41) is 4.94. The lowest BCUT2D eigenvalue weighted by atomic mass is 10.2. The number of nitrogens with one attached hydrogen (secondary N) is 1. The predicted octanol–water partition coefficient (Wildman–Crippen LogP) is 2.22. The van der Waals surface area contributed by atoms with Crippen LogP contribution in [0.25, 0.3) is 17.1 Å². The van der Waals surface area contributed by atoms with Gasteiger partial charge in [0, 0.05) is 23.6 Å². The van der Waals surface area contributed by atoms with Crippen molar-refractivity contribution in [2.24, 2.45) is 0 Å². The number of piperazine rings is 1. The van der Waals surface area contributed by atoms with E-state index in [9.17, 15) is 0 Å². The Morgan fingerprint density at radius 3 is 2.16 bits per heavy atom. The number of quaternary nitrogens is 1. The fourth-order valence-electron chi connectivity index (χ4n) is 3.94. The van der Waals surface area contributed by atoms with E-state index in [1.165, 1.54) is 4.90 Å². The van der Waals surface area contributed by atoms with Gasteiger partial charge in [-0.3, -0.25) is 4.57 Å². The van der Waals surface area contributed by atoms with Gasteiger partial charge in [0.15, 0.2) is 12.5 Å². The fraction of sp³-hybridized carbons (Fsp3) is 0.217. The van der Waals surface area contributed by atoms with Crippen molar-refractivity contribution in [3.05, 3.63) is 83.9 Å². The Labute approximate surface area is 186 Å². The topological polar surface area (TPSA) is 56.2 Å². The number of hydrogen-bond donors (Lipinski definition) is 1. The van der Waals surface area contributed by atoms with Gasteiger partial charge in [-0.1, -0.05) is 48.5 Å². The van der Waals surface area contributed by atoms with Crippen LogP contribution in [0.15, 0.2) is 79.1 Å². The molecule has 3 heterocycles. The molecule has 156 valence electrons. The Kier molecular flexibility index (Phi) is 5.56. The average molecular weight is 431 g/mol. The van der Waals surface area contributed by atoms with Gasteiger partial charge >= 0.3 is 0 Å². The highest BCUT2D eigenvalue weighted by Gasteiger charge is 2.23. The maximum atomic E-state index is 5.88. The molecule has 0 amide bonds.